The summed E-state index contributed by atoms with van der Waals surface area (Å²) in [6.07, 6.45) is 1.75. The molecule has 1 saturated heterocycles. The number of thioether (sulfide) groups is 1. The van der Waals surface area contributed by atoms with E-state index in [1.165, 1.54) is 11.8 Å². The van der Waals surface area contributed by atoms with E-state index in [-0.39, 0.29) is 11.7 Å². The van der Waals surface area contributed by atoms with Crippen LogP contribution >= 0.6 is 11.8 Å². The van der Waals surface area contributed by atoms with Gasteiger partial charge in [0, 0.05) is 0 Å². The van der Waals surface area contributed by atoms with Crippen LogP contribution in [0.2, 0.25) is 0 Å². The molecule has 0 aromatic heterocycles. The van der Waals surface area contributed by atoms with Crippen LogP contribution in [0.15, 0.2) is 52.4 Å². The molecule has 1 heterocycles. The fourth-order valence-electron chi connectivity index (χ4n) is 2.26. The van der Waals surface area contributed by atoms with Gasteiger partial charge in [0.15, 0.2) is 16.7 Å². The number of hydrogen-bond acceptors (Lipinski definition) is 5. The third kappa shape index (κ3) is 4.22. The molecule has 5 nitrogen and oxygen atoms in total. The van der Waals surface area contributed by atoms with E-state index in [2.05, 4.69) is 10.3 Å². The third-order valence-electron chi connectivity index (χ3n) is 3.50. The van der Waals surface area contributed by atoms with E-state index in [0.717, 1.165) is 16.8 Å². The van der Waals surface area contributed by atoms with Crippen LogP contribution in [0.3, 0.4) is 0 Å². The van der Waals surface area contributed by atoms with Gasteiger partial charge in [0.2, 0.25) is 0 Å². The molecule has 2 N–H and O–H groups in total. The first kappa shape index (κ1) is 17.1. The molecule has 0 radical (unpaired) electrons. The number of phenolic OH excluding ortho intramolecular Hbond substituents is 1. The van der Waals surface area contributed by atoms with Gasteiger partial charge in [0.1, 0.15) is 0 Å². The van der Waals surface area contributed by atoms with E-state index in [4.69, 9.17) is 4.74 Å². The molecule has 0 aliphatic carbocycles. The van der Waals surface area contributed by atoms with Gasteiger partial charge in [-0.3, -0.25) is 4.79 Å². The standard InChI is InChI=1S/C19H18N2O3S/c1-3-24-16-10-13(6-9-15(16)22)11-17-18(23)21-19(25-17)20-14-7-4-12(2)5-8-14/h4-11,22H,3H2,1-2H3,(H,20,21,23)/b17-11+. The Hall–Kier alpha value is -2.73. The average Bonchev–Trinajstić information content (AvgIpc) is 2.92. The fourth-order valence-corrected chi connectivity index (χ4v) is 3.10. The summed E-state index contributed by atoms with van der Waals surface area (Å²) in [5.41, 5.74) is 2.72. The molecule has 3 rings (SSSR count). The minimum absolute atomic E-state index is 0.0779. The van der Waals surface area contributed by atoms with E-state index in [0.29, 0.717) is 22.4 Å². The zero-order chi connectivity index (χ0) is 17.8. The first-order valence-electron chi connectivity index (χ1n) is 7.87. The number of amides is 1. The molecule has 0 atom stereocenters. The highest BCUT2D eigenvalue weighted by Gasteiger charge is 2.23. The second-order valence-corrected chi connectivity index (χ2v) is 6.51. The predicted octanol–water partition coefficient (Wildman–Crippen LogP) is 3.99. The van der Waals surface area contributed by atoms with Gasteiger partial charge in [0.05, 0.1) is 17.2 Å². The number of nitrogens with one attached hydrogen (secondary N) is 1. The van der Waals surface area contributed by atoms with Crippen molar-refractivity contribution in [1.29, 1.82) is 0 Å². The van der Waals surface area contributed by atoms with Crippen LogP contribution in [0.1, 0.15) is 18.1 Å². The molecule has 2 aromatic rings. The lowest BCUT2D eigenvalue weighted by Crippen LogP contribution is -2.19. The van der Waals surface area contributed by atoms with Crippen molar-refractivity contribution >= 4 is 34.6 Å². The summed E-state index contributed by atoms with van der Waals surface area (Å²) in [5, 5.41) is 13.1. The number of amidine groups is 1. The molecular formula is C19H18N2O3S. The van der Waals surface area contributed by atoms with Gasteiger partial charge < -0.3 is 15.2 Å². The van der Waals surface area contributed by atoms with Gasteiger partial charge in [-0.15, -0.1) is 0 Å². The molecule has 6 heteroatoms. The van der Waals surface area contributed by atoms with E-state index in [9.17, 15) is 9.90 Å². The number of benzene rings is 2. The van der Waals surface area contributed by atoms with Gasteiger partial charge >= 0.3 is 0 Å². The first-order valence-corrected chi connectivity index (χ1v) is 8.69. The van der Waals surface area contributed by atoms with Crippen LogP contribution in [0, 0.1) is 6.92 Å². The number of rotatable bonds is 4. The topological polar surface area (TPSA) is 70.9 Å². The Kier molecular flexibility index (Phi) is 5.09. The van der Waals surface area contributed by atoms with Crippen molar-refractivity contribution in [1.82, 2.24) is 5.32 Å². The number of carbonyl (C=O) groups is 1. The Balaban J connectivity index is 1.81. The van der Waals surface area contributed by atoms with Crippen molar-refractivity contribution < 1.29 is 14.6 Å². The van der Waals surface area contributed by atoms with Crippen LogP contribution in [-0.4, -0.2) is 22.8 Å². The number of aryl methyl sites for hydroxylation is 1. The highest BCUT2D eigenvalue weighted by atomic mass is 32.2. The molecule has 0 saturated carbocycles. The molecule has 25 heavy (non-hydrogen) atoms. The maximum atomic E-state index is 12.1. The lowest BCUT2D eigenvalue weighted by atomic mass is 10.2. The van der Waals surface area contributed by atoms with Crippen molar-refractivity contribution in [3.63, 3.8) is 0 Å². The Labute approximate surface area is 150 Å². The molecule has 1 aliphatic rings. The van der Waals surface area contributed by atoms with Gasteiger partial charge in [-0.25, -0.2) is 4.99 Å². The summed E-state index contributed by atoms with van der Waals surface area (Å²) >= 11 is 1.28. The molecule has 0 unspecified atom stereocenters. The van der Waals surface area contributed by atoms with Gasteiger partial charge in [-0.2, -0.15) is 0 Å². The van der Waals surface area contributed by atoms with Gasteiger partial charge in [-0.05, 0) is 61.5 Å². The van der Waals surface area contributed by atoms with E-state index in [1.54, 1.807) is 24.3 Å². The highest BCUT2D eigenvalue weighted by molar-refractivity contribution is 8.18. The van der Waals surface area contributed by atoms with Crippen LogP contribution in [0.4, 0.5) is 5.69 Å². The van der Waals surface area contributed by atoms with E-state index < -0.39 is 0 Å². The number of nitrogens with zero attached hydrogens (tertiary/aromatic N) is 1. The van der Waals surface area contributed by atoms with Crippen LogP contribution < -0.4 is 10.1 Å². The Bertz CT molecular complexity index is 857. The summed E-state index contributed by atoms with van der Waals surface area (Å²) in [7, 11) is 0. The summed E-state index contributed by atoms with van der Waals surface area (Å²) < 4.78 is 5.37. The zero-order valence-electron chi connectivity index (χ0n) is 13.9. The Morgan fingerprint density at radius 1 is 1.24 bits per heavy atom. The normalized spacial score (nSPS) is 17.1. The lowest BCUT2D eigenvalue weighted by molar-refractivity contribution is -0.115. The number of hydrogen-bond donors (Lipinski definition) is 2. The van der Waals surface area contributed by atoms with E-state index >= 15 is 0 Å². The molecule has 128 valence electrons. The lowest BCUT2D eigenvalue weighted by Gasteiger charge is -2.06. The average molecular weight is 354 g/mol. The summed E-state index contributed by atoms with van der Waals surface area (Å²) in [6.45, 7) is 4.31. The summed E-state index contributed by atoms with van der Waals surface area (Å²) in [5.74, 6) is 0.282. The van der Waals surface area contributed by atoms with Crippen molar-refractivity contribution in [2.45, 2.75) is 13.8 Å². The van der Waals surface area contributed by atoms with E-state index in [1.807, 2.05) is 38.1 Å². The minimum Gasteiger partial charge on any atom is -0.504 e. The summed E-state index contributed by atoms with van der Waals surface area (Å²) in [4.78, 5) is 17.1. The highest BCUT2D eigenvalue weighted by Crippen LogP contribution is 2.31. The molecule has 0 spiro atoms. The second kappa shape index (κ2) is 7.44. The number of phenols is 1. The smallest absolute Gasteiger partial charge is 0.264 e. The SMILES string of the molecule is CCOc1cc(/C=C2/SC(=Nc3ccc(C)cc3)NC2=O)ccc1O. The number of aliphatic imine (C=N–C) groups is 1. The number of carbonyl (C=O) groups excluding carboxylic acids is 1. The first-order chi connectivity index (χ1) is 12.0. The summed E-state index contributed by atoms with van der Waals surface area (Å²) in [6, 6.07) is 12.8. The Morgan fingerprint density at radius 3 is 2.72 bits per heavy atom. The monoisotopic (exact) mass is 354 g/mol. The molecule has 2 aromatic carbocycles. The molecular weight excluding hydrogens is 336 g/mol. The maximum absolute atomic E-state index is 12.1. The maximum Gasteiger partial charge on any atom is 0.264 e. The fraction of sp³-hybridized carbons (Fsp3) is 0.158. The van der Waals surface area contributed by atoms with Crippen LogP contribution in [0.5, 0.6) is 11.5 Å². The van der Waals surface area contributed by atoms with Gasteiger partial charge in [-0.1, -0.05) is 23.8 Å². The predicted molar refractivity (Wildman–Crippen MR) is 101 cm³/mol. The number of aromatic hydroxyl groups is 1. The zero-order valence-corrected chi connectivity index (χ0v) is 14.8. The quantitative estimate of drug-likeness (QED) is 0.815. The molecule has 1 fully saturated rings. The largest absolute Gasteiger partial charge is 0.504 e. The van der Waals surface area contributed by atoms with Crippen LogP contribution in [0.25, 0.3) is 6.08 Å². The molecule has 1 aliphatic heterocycles. The van der Waals surface area contributed by atoms with Crippen molar-refractivity contribution in [2.75, 3.05) is 6.61 Å². The van der Waals surface area contributed by atoms with Crippen molar-refractivity contribution in [2.24, 2.45) is 4.99 Å². The Morgan fingerprint density at radius 2 is 2.00 bits per heavy atom. The van der Waals surface area contributed by atoms with Gasteiger partial charge in [0.25, 0.3) is 5.91 Å². The molecule has 0 bridgehead atoms. The van der Waals surface area contributed by atoms with Crippen LogP contribution in [-0.2, 0) is 4.79 Å². The molecule has 1 amide bonds. The second-order valence-electron chi connectivity index (χ2n) is 5.48. The van der Waals surface area contributed by atoms with Crippen molar-refractivity contribution in [3.05, 3.63) is 58.5 Å². The van der Waals surface area contributed by atoms with Crippen molar-refractivity contribution in [3.8, 4) is 11.5 Å². The number of ether oxygens (including phenoxy) is 1. The minimum atomic E-state index is -0.193. The third-order valence-corrected chi connectivity index (χ3v) is 4.41.